The summed E-state index contributed by atoms with van der Waals surface area (Å²) in [6.07, 6.45) is 0. The Kier molecular flexibility index (Phi) is 9.71. The second-order valence-corrected chi connectivity index (χ2v) is 12.1. The number of aliphatic imine (C=N–C) groups is 1. The number of para-hydroxylation sites is 1. The van der Waals surface area contributed by atoms with E-state index in [9.17, 15) is 8.42 Å². The number of aliphatic hydroxyl groups excluding tert-OH is 1. The molecule has 214 valence electrons. The van der Waals surface area contributed by atoms with Crippen molar-refractivity contribution in [3.05, 3.63) is 96.6 Å². The fourth-order valence-electron chi connectivity index (χ4n) is 4.87. The van der Waals surface area contributed by atoms with E-state index in [1.165, 1.54) is 21.4 Å². The van der Waals surface area contributed by atoms with Gasteiger partial charge in [-0.15, -0.1) is 0 Å². The first kappa shape index (κ1) is 29.2. The molecule has 2 aliphatic rings. The van der Waals surface area contributed by atoms with Crippen LogP contribution < -0.4 is 0 Å². The van der Waals surface area contributed by atoms with E-state index >= 15 is 0 Å². The summed E-state index contributed by atoms with van der Waals surface area (Å²) in [5, 5.41) is 10.1. The van der Waals surface area contributed by atoms with Gasteiger partial charge < -0.3 is 14.7 Å². The van der Waals surface area contributed by atoms with Crippen LogP contribution in [0.25, 0.3) is 10.8 Å². The molecule has 4 aromatic rings. The maximum atomic E-state index is 11.0. The van der Waals surface area contributed by atoms with Crippen molar-refractivity contribution >= 4 is 44.2 Å². The lowest BCUT2D eigenvalue weighted by molar-refractivity contribution is 0.0652. The molecule has 4 aromatic carbocycles. The number of amidine groups is 1. The molecule has 2 aliphatic heterocycles. The van der Waals surface area contributed by atoms with E-state index in [-0.39, 0.29) is 11.5 Å². The molecule has 0 spiro atoms. The van der Waals surface area contributed by atoms with Gasteiger partial charge >= 0.3 is 0 Å². The standard InChI is InChI=1S/C21H25N3O2S.C10H8O3S/c25-14-16-26-15-13-23-9-11-24(12-10-23)21-17-5-1-3-7-19(17)27-20-8-4-2-6-18(20)22-21;11-14(12,13)10-7-3-5-8-4-1-2-6-9(8)10/h1-8,25H,9-16H2;1-7H,(H,11,12,13). The molecule has 2 heterocycles. The van der Waals surface area contributed by atoms with Crippen LogP contribution in [0.1, 0.15) is 5.56 Å². The molecular weight excluding hydrogens is 558 g/mol. The second-order valence-electron chi connectivity index (χ2n) is 9.62. The summed E-state index contributed by atoms with van der Waals surface area (Å²) < 4.78 is 36.4. The monoisotopic (exact) mass is 591 g/mol. The third kappa shape index (κ3) is 7.34. The highest BCUT2D eigenvalue weighted by Gasteiger charge is 2.25. The molecule has 0 bridgehead atoms. The molecule has 10 heteroatoms. The molecule has 0 unspecified atom stereocenters. The lowest BCUT2D eigenvalue weighted by Crippen LogP contribution is -2.49. The Hall–Kier alpha value is -3.25. The number of benzene rings is 4. The minimum absolute atomic E-state index is 0.0457. The number of rotatable bonds is 6. The predicted octanol–water partition coefficient (Wildman–Crippen LogP) is 4.94. The first-order chi connectivity index (χ1) is 19.9. The van der Waals surface area contributed by atoms with E-state index in [1.54, 1.807) is 42.1 Å². The van der Waals surface area contributed by atoms with Gasteiger partial charge in [-0.25, -0.2) is 4.99 Å². The van der Waals surface area contributed by atoms with Crippen LogP contribution in [0.5, 0.6) is 0 Å². The average molecular weight is 592 g/mol. The van der Waals surface area contributed by atoms with Crippen LogP contribution >= 0.6 is 11.8 Å². The van der Waals surface area contributed by atoms with E-state index in [1.807, 2.05) is 6.07 Å². The topological polar surface area (TPSA) is 103 Å². The molecule has 0 aromatic heterocycles. The number of ether oxygens (including phenoxy) is 1. The zero-order valence-electron chi connectivity index (χ0n) is 22.6. The van der Waals surface area contributed by atoms with Crippen molar-refractivity contribution in [1.82, 2.24) is 9.80 Å². The summed E-state index contributed by atoms with van der Waals surface area (Å²) in [6.45, 7) is 6.01. The van der Waals surface area contributed by atoms with Crippen LogP contribution in [0.15, 0.2) is 111 Å². The number of piperazine rings is 1. The van der Waals surface area contributed by atoms with Crippen LogP contribution in [0.4, 0.5) is 5.69 Å². The highest BCUT2D eigenvalue weighted by molar-refractivity contribution is 7.99. The second kappa shape index (κ2) is 13.6. The largest absolute Gasteiger partial charge is 0.394 e. The maximum Gasteiger partial charge on any atom is 0.295 e. The number of fused-ring (bicyclic) bond motifs is 3. The molecule has 8 nitrogen and oxygen atoms in total. The van der Waals surface area contributed by atoms with Crippen molar-refractivity contribution in [1.29, 1.82) is 0 Å². The van der Waals surface area contributed by atoms with Gasteiger partial charge in [-0.05, 0) is 29.7 Å². The molecule has 6 rings (SSSR count). The Balaban J connectivity index is 0.000000202. The molecule has 0 radical (unpaired) electrons. The maximum absolute atomic E-state index is 11.0. The Morgan fingerprint density at radius 3 is 2.27 bits per heavy atom. The zero-order valence-corrected chi connectivity index (χ0v) is 24.2. The average Bonchev–Trinajstić information content (AvgIpc) is 3.16. The summed E-state index contributed by atoms with van der Waals surface area (Å²) in [6, 6.07) is 28.7. The number of nitrogens with zero attached hydrogens (tertiary/aromatic N) is 3. The lowest BCUT2D eigenvalue weighted by atomic mass is 10.1. The van der Waals surface area contributed by atoms with Crippen molar-refractivity contribution < 1.29 is 22.8 Å². The summed E-state index contributed by atoms with van der Waals surface area (Å²) in [5.74, 6) is 1.08. The summed E-state index contributed by atoms with van der Waals surface area (Å²) in [7, 11) is -4.13. The van der Waals surface area contributed by atoms with Gasteiger partial charge in [0.2, 0.25) is 0 Å². The van der Waals surface area contributed by atoms with E-state index in [0.717, 1.165) is 49.6 Å². The van der Waals surface area contributed by atoms with Crippen molar-refractivity contribution in [2.24, 2.45) is 4.99 Å². The fourth-order valence-corrected chi connectivity index (χ4v) is 6.61. The van der Waals surface area contributed by atoms with Crippen LogP contribution in [0.2, 0.25) is 0 Å². The molecule has 0 atom stereocenters. The fraction of sp³-hybridized carbons (Fsp3) is 0.258. The quantitative estimate of drug-likeness (QED) is 0.240. The van der Waals surface area contributed by atoms with E-state index in [2.05, 4.69) is 58.3 Å². The third-order valence-electron chi connectivity index (χ3n) is 6.93. The minimum atomic E-state index is -4.13. The molecule has 41 heavy (non-hydrogen) atoms. The first-order valence-corrected chi connectivity index (χ1v) is 15.8. The molecule has 1 saturated heterocycles. The lowest BCUT2D eigenvalue weighted by Gasteiger charge is -2.36. The van der Waals surface area contributed by atoms with Gasteiger partial charge in [0.15, 0.2) is 0 Å². The number of aliphatic hydroxyl groups is 1. The smallest absolute Gasteiger partial charge is 0.295 e. The van der Waals surface area contributed by atoms with Crippen LogP contribution in [-0.4, -0.2) is 86.3 Å². The van der Waals surface area contributed by atoms with Gasteiger partial charge in [-0.1, -0.05) is 78.5 Å². The van der Waals surface area contributed by atoms with Gasteiger partial charge in [0.1, 0.15) is 10.7 Å². The van der Waals surface area contributed by atoms with Crippen molar-refractivity contribution in [3.8, 4) is 0 Å². The number of hydrogen-bond acceptors (Lipinski definition) is 8. The highest BCUT2D eigenvalue weighted by Crippen LogP contribution is 2.40. The zero-order chi connectivity index (χ0) is 28.7. The number of hydrogen-bond donors (Lipinski definition) is 2. The Bertz CT molecular complexity index is 1610. The van der Waals surface area contributed by atoms with Crippen LogP contribution in [-0.2, 0) is 14.9 Å². The van der Waals surface area contributed by atoms with Crippen molar-refractivity contribution in [2.45, 2.75) is 14.7 Å². The summed E-state index contributed by atoms with van der Waals surface area (Å²) >= 11 is 1.80. The van der Waals surface area contributed by atoms with E-state index in [0.29, 0.717) is 18.6 Å². The molecule has 2 N–H and O–H groups in total. The van der Waals surface area contributed by atoms with Crippen molar-refractivity contribution in [2.75, 3.05) is 52.5 Å². The van der Waals surface area contributed by atoms with E-state index < -0.39 is 10.1 Å². The Morgan fingerprint density at radius 2 is 1.49 bits per heavy atom. The molecule has 1 fully saturated rings. The molecule has 0 saturated carbocycles. The minimum Gasteiger partial charge on any atom is -0.394 e. The first-order valence-electron chi connectivity index (χ1n) is 13.5. The summed E-state index contributed by atoms with van der Waals surface area (Å²) in [4.78, 5) is 12.3. The predicted molar refractivity (Wildman–Crippen MR) is 163 cm³/mol. The molecule has 0 amide bonds. The van der Waals surface area contributed by atoms with Crippen LogP contribution in [0.3, 0.4) is 0 Å². The van der Waals surface area contributed by atoms with Gasteiger partial charge in [-0.3, -0.25) is 9.45 Å². The normalized spacial score (nSPS) is 15.3. The van der Waals surface area contributed by atoms with Gasteiger partial charge in [0.25, 0.3) is 10.1 Å². The molecule has 0 aliphatic carbocycles. The van der Waals surface area contributed by atoms with Gasteiger partial charge in [0, 0.05) is 53.5 Å². The summed E-state index contributed by atoms with van der Waals surface area (Å²) in [5.41, 5.74) is 2.27. The Labute approximate surface area is 245 Å². The van der Waals surface area contributed by atoms with E-state index in [4.69, 9.17) is 19.4 Å². The molecular formula is C31H33N3O5S2. The highest BCUT2D eigenvalue weighted by atomic mass is 32.2. The van der Waals surface area contributed by atoms with Crippen LogP contribution in [0, 0.1) is 0 Å². The van der Waals surface area contributed by atoms with Crippen molar-refractivity contribution in [3.63, 3.8) is 0 Å². The van der Waals surface area contributed by atoms with Gasteiger partial charge in [0.05, 0.1) is 25.5 Å². The SMILES string of the molecule is O=S(=O)(O)c1cccc2ccccc12.OCCOCCN1CCN(C2=Nc3ccccc3Sc3ccccc32)CC1. The van der Waals surface area contributed by atoms with Gasteiger partial charge in [-0.2, -0.15) is 8.42 Å². The Morgan fingerprint density at radius 1 is 0.805 bits per heavy atom. The third-order valence-corrected chi connectivity index (χ3v) is 8.98.